The van der Waals surface area contributed by atoms with Crippen molar-refractivity contribution >= 4 is 10.9 Å². The Morgan fingerprint density at radius 1 is 1.11 bits per heavy atom. The van der Waals surface area contributed by atoms with Crippen molar-refractivity contribution in [2.75, 3.05) is 0 Å². The second-order valence-corrected chi connectivity index (χ2v) is 6.15. The summed E-state index contributed by atoms with van der Waals surface area (Å²) in [6, 6.07) is 5.68. The van der Waals surface area contributed by atoms with Gasteiger partial charge in [0.05, 0.1) is 23.3 Å². The molecule has 27 heavy (non-hydrogen) atoms. The van der Waals surface area contributed by atoms with E-state index in [0.717, 1.165) is 35.0 Å². The van der Waals surface area contributed by atoms with Crippen LogP contribution in [0.25, 0.3) is 22.4 Å². The molecule has 0 aromatic carbocycles. The van der Waals surface area contributed by atoms with Crippen molar-refractivity contribution < 1.29 is 0 Å². The van der Waals surface area contributed by atoms with Gasteiger partial charge in [0.2, 0.25) is 0 Å². The van der Waals surface area contributed by atoms with Crippen molar-refractivity contribution in [2.24, 2.45) is 0 Å². The van der Waals surface area contributed by atoms with Gasteiger partial charge in [0.1, 0.15) is 18.1 Å². The fourth-order valence-corrected chi connectivity index (χ4v) is 3.19. The van der Waals surface area contributed by atoms with Crippen molar-refractivity contribution in [2.45, 2.75) is 26.3 Å². The Balaban J connectivity index is 1.80. The largest absolute Gasteiger partial charge is 0.324 e. The summed E-state index contributed by atoms with van der Waals surface area (Å²) >= 11 is 0. The molecule has 0 atom stereocenters. The smallest absolute Gasteiger partial charge is 0.160 e. The second kappa shape index (κ2) is 7.30. The highest BCUT2D eigenvalue weighted by Crippen LogP contribution is 2.23. The first-order valence-corrected chi connectivity index (χ1v) is 8.75. The van der Waals surface area contributed by atoms with Crippen LogP contribution in [-0.4, -0.2) is 29.5 Å². The molecular weight excluding hydrogens is 338 g/mol. The maximum Gasteiger partial charge on any atom is 0.160 e. The first-order chi connectivity index (χ1) is 13.3. The summed E-state index contributed by atoms with van der Waals surface area (Å²) in [5.74, 6) is 0.652. The molecule has 0 fully saturated rings. The zero-order valence-corrected chi connectivity index (χ0v) is 14.9. The lowest BCUT2D eigenvalue weighted by atomic mass is 10.0. The van der Waals surface area contributed by atoms with E-state index in [1.807, 2.05) is 17.0 Å². The number of pyridine rings is 2. The molecule has 4 aromatic heterocycles. The van der Waals surface area contributed by atoms with Crippen molar-refractivity contribution in [3.8, 4) is 17.6 Å². The van der Waals surface area contributed by atoms with Gasteiger partial charge in [-0.1, -0.05) is 13.3 Å². The van der Waals surface area contributed by atoms with E-state index in [4.69, 9.17) is 0 Å². The molecule has 132 valence electrons. The van der Waals surface area contributed by atoms with E-state index in [-0.39, 0.29) is 0 Å². The molecule has 0 aliphatic heterocycles. The molecule has 0 amide bonds. The Labute approximate surface area is 156 Å². The first kappa shape index (κ1) is 16.8. The predicted octanol–water partition coefficient (Wildman–Crippen LogP) is 3.16. The number of fused-ring (bicyclic) bond motifs is 1. The molecule has 0 saturated heterocycles. The Hall–Kier alpha value is -3.66. The summed E-state index contributed by atoms with van der Waals surface area (Å²) in [5, 5.41) is 10.3. The van der Waals surface area contributed by atoms with Gasteiger partial charge in [-0.2, -0.15) is 5.26 Å². The lowest BCUT2D eigenvalue weighted by Crippen LogP contribution is -2.08. The number of rotatable bonds is 5. The summed E-state index contributed by atoms with van der Waals surface area (Å²) in [7, 11) is 0. The third kappa shape index (κ3) is 3.13. The number of nitriles is 1. The Bertz CT molecular complexity index is 1140. The summed E-state index contributed by atoms with van der Waals surface area (Å²) in [4.78, 5) is 22.0. The molecule has 4 heterocycles. The molecule has 0 unspecified atom stereocenters. The van der Waals surface area contributed by atoms with E-state index >= 15 is 0 Å². The van der Waals surface area contributed by atoms with Gasteiger partial charge >= 0.3 is 0 Å². The third-order valence-corrected chi connectivity index (χ3v) is 4.41. The average Bonchev–Trinajstić information content (AvgIpc) is 3.17. The Morgan fingerprint density at radius 2 is 2.04 bits per heavy atom. The van der Waals surface area contributed by atoms with Crippen LogP contribution in [0.1, 0.15) is 30.2 Å². The third-order valence-electron chi connectivity index (χ3n) is 4.41. The highest BCUT2D eigenvalue weighted by molar-refractivity contribution is 5.80. The van der Waals surface area contributed by atoms with Crippen molar-refractivity contribution in [3.05, 3.63) is 66.3 Å². The minimum absolute atomic E-state index is 0.498. The monoisotopic (exact) mass is 355 g/mol. The molecular formula is C20H17N7. The molecule has 0 saturated carbocycles. The highest BCUT2D eigenvalue weighted by atomic mass is 15.1. The number of aryl methyl sites for hydroxylation is 1. The molecule has 7 nitrogen and oxygen atoms in total. The fourth-order valence-electron chi connectivity index (χ4n) is 3.19. The normalized spacial score (nSPS) is 10.8. The van der Waals surface area contributed by atoms with Crippen LogP contribution in [0, 0.1) is 11.3 Å². The molecule has 0 bridgehead atoms. The number of hydrogen-bond acceptors (Lipinski definition) is 6. The zero-order chi connectivity index (χ0) is 18.6. The standard InChI is InChI=1S/C20H17N7/c1-2-4-16-17(25-11-15-10-22-13-26-18(15)16)12-27-8-7-24-20(27)19-14(9-21)5-3-6-23-19/h3,5-8,10-11,13H,2,4,12H2,1H3. The number of imidazole rings is 1. The lowest BCUT2D eigenvalue weighted by molar-refractivity contribution is 0.759. The molecule has 4 rings (SSSR count). The average molecular weight is 355 g/mol. The van der Waals surface area contributed by atoms with E-state index in [1.165, 1.54) is 0 Å². The van der Waals surface area contributed by atoms with Crippen LogP contribution in [-0.2, 0) is 13.0 Å². The van der Waals surface area contributed by atoms with Crippen LogP contribution in [0.15, 0.2) is 49.4 Å². The van der Waals surface area contributed by atoms with Gasteiger partial charge in [-0.05, 0) is 18.6 Å². The predicted molar refractivity (Wildman–Crippen MR) is 101 cm³/mol. The van der Waals surface area contributed by atoms with Crippen LogP contribution < -0.4 is 0 Å². The van der Waals surface area contributed by atoms with E-state index in [0.29, 0.717) is 23.6 Å². The van der Waals surface area contributed by atoms with E-state index in [2.05, 4.69) is 37.9 Å². The molecule has 0 aliphatic rings. The zero-order valence-electron chi connectivity index (χ0n) is 14.9. The molecule has 4 aromatic rings. The Morgan fingerprint density at radius 3 is 2.89 bits per heavy atom. The summed E-state index contributed by atoms with van der Waals surface area (Å²) in [6.07, 6.45) is 12.3. The van der Waals surface area contributed by atoms with Gasteiger partial charge in [0.25, 0.3) is 0 Å². The quantitative estimate of drug-likeness (QED) is 0.546. The number of nitrogens with zero attached hydrogens (tertiary/aromatic N) is 7. The summed E-state index contributed by atoms with van der Waals surface area (Å²) < 4.78 is 1.97. The highest BCUT2D eigenvalue weighted by Gasteiger charge is 2.15. The molecule has 0 radical (unpaired) electrons. The fraction of sp³-hybridized carbons (Fsp3) is 0.200. The van der Waals surface area contributed by atoms with Crippen molar-refractivity contribution in [1.29, 1.82) is 5.26 Å². The number of aromatic nitrogens is 6. The van der Waals surface area contributed by atoms with Gasteiger partial charge in [-0.3, -0.25) is 9.97 Å². The molecule has 0 spiro atoms. The van der Waals surface area contributed by atoms with Crippen LogP contribution in [0.2, 0.25) is 0 Å². The van der Waals surface area contributed by atoms with Crippen molar-refractivity contribution in [3.63, 3.8) is 0 Å². The van der Waals surface area contributed by atoms with E-state index in [9.17, 15) is 5.26 Å². The minimum atomic E-state index is 0.498. The van der Waals surface area contributed by atoms with E-state index in [1.54, 1.807) is 37.1 Å². The topological polar surface area (TPSA) is 93.2 Å². The van der Waals surface area contributed by atoms with Gasteiger partial charge in [0, 0.05) is 41.9 Å². The minimum Gasteiger partial charge on any atom is -0.324 e. The Kier molecular flexibility index (Phi) is 4.54. The molecule has 0 aliphatic carbocycles. The van der Waals surface area contributed by atoms with Crippen LogP contribution in [0.3, 0.4) is 0 Å². The maximum atomic E-state index is 9.38. The lowest BCUT2D eigenvalue weighted by Gasteiger charge is -2.13. The molecule has 0 N–H and O–H groups in total. The van der Waals surface area contributed by atoms with Gasteiger partial charge in [0.15, 0.2) is 5.82 Å². The maximum absolute atomic E-state index is 9.38. The second-order valence-electron chi connectivity index (χ2n) is 6.15. The summed E-state index contributed by atoms with van der Waals surface area (Å²) in [5.41, 5.74) is 4.08. The van der Waals surface area contributed by atoms with Crippen molar-refractivity contribution in [1.82, 2.24) is 29.5 Å². The van der Waals surface area contributed by atoms with Crippen LogP contribution in [0.4, 0.5) is 0 Å². The van der Waals surface area contributed by atoms with Gasteiger partial charge in [-0.25, -0.2) is 15.0 Å². The van der Waals surface area contributed by atoms with Gasteiger partial charge in [-0.15, -0.1) is 0 Å². The van der Waals surface area contributed by atoms with Crippen LogP contribution >= 0.6 is 0 Å². The SMILES string of the molecule is CCCc1c(Cn2ccnc2-c2ncccc2C#N)ncc2cncnc12. The van der Waals surface area contributed by atoms with E-state index < -0.39 is 0 Å². The van der Waals surface area contributed by atoms with Crippen LogP contribution in [0.5, 0.6) is 0 Å². The van der Waals surface area contributed by atoms with Gasteiger partial charge < -0.3 is 4.57 Å². The summed E-state index contributed by atoms with van der Waals surface area (Å²) in [6.45, 7) is 2.67. The molecule has 7 heteroatoms. The number of hydrogen-bond donors (Lipinski definition) is 0. The first-order valence-electron chi connectivity index (χ1n) is 8.75.